The minimum Gasteiger partial charge on any atom is -0.199 e. The molecule has 0 aliphatic heterocycles. The molecule has 0 aliphatic carbocycles. The van der Waals surface area contributed by atoms with E-state index in [4.69, 9.17) is 0 Å². The number of halogens is 4. The second kappa shape index (κ2) is 5.03. The van der Waals surface area contributed by atoms with Crippen LogP contribution < -0.4 is 0 Å². The van der Waals surface area contributed by atoms with Crippen LogP contribution in [0.2, 0.25) is 0 Å². The van der Waals surface area contributed by atoms with Crippen molar-refractivity contribution < 1.29 is 8.78 Å². The summed E-state index contributed by atoms with van der Waals surface area (Å²) in [7, 11) is 0. The first kappa shape index (κ1) is 12.6. The van der Waals surface area contributed by atoms with E-state index in [9.17, 15) is 8.78 Å². The van der Waals surface area contributed by atoms with Crippen LogP contribution in [-0.2, 0) is 5.92 Å². The fraction of sp³-hybridized carbons (Fsp3) is 0.556. The maximum absolute atomic E-state index is 13.7. The van der Waals surface area contributed by atoms with Crippen LogP contribution in [0.4, 0.5) is 8.78 Å². The van der Waals surface area contributed by atoms with Crippen LogP contribution in [0.15, 0.2) is 15.9 Å². The van der Waals surface area contributed by atoms with Gasteiger partial charge in [0.15, 0.2) is 0 Å². The lowest BCUT2D eigenvalue weighted by molar-refractivity contribution is -0.00268. The molecule has 1 aromatic heterocycles. The second-order valence-corrected chi connectivity index (χ2v) is 6.55. The van der Waals surface area contributed by atoms with Crippen molar-refractivity contribution in [3.8, 4) is 0 Å². The van der Waals surface area contributed by atoms with Crippen molar-refractivity contribution in [1.82, 2.24) is 0 Å². The topological polar surface area (TPSA) is 0 Å². The van der Waals surface area contributed by atoms with Crippen molar-refractivity contribution in [1.29, 1.82) is 0 Å². The highest BCUT2D eigenvalue weighted by Gasteiger charge is 2.40. The predicted octanol–water partition coefficient (Wildman–Crippen LogP) is 5.17. The van der Waals surface area contributed by atoms with Gasteiger partial charge in [-0.05, 0) is 34.5 Å². The summed E-state index contributed by atoms with van der Waals surface area (Å²) in [5.41, 5.74) is 0. The second-order valence-electron chi connectivity index (χ2n) is 2.98. The molecule has 1 unspecified atom stereocenters. The molecule has 0 aliphatic rings. The summed E-state index contributed by atoms with van der Waals surface area (Å²) in [6.45, 7) is 1.90. The molecule has 0 saturated heterocycles. The predicted molar refractivity (Wildman–Crippen MR) is 63.5 cm³/mol. The minimum atomic E-state index is -2.77. The highest BCUT2D eigenvalue weighted by Crippen LogP contribution is 2.42. The molecule has 0 radical (unpaired) electrons. The number of rotatable bonds is 4. The maximum atomic E-state index is 13.7. The van der Waals surface area contributed by atoms with Crippen LogP contribution in [0.1, 0.15) is 24.6 Å². The Labute approximate surface area is 103 Å². The number of hydrogen-bond donors (Lipinski definition) is 0. The Morgan fingerprint density at radius 3 is 2.57 bits per heavy atom. The molecular formula is C9H10Br2F2S. The van der Waals surface area contributed by atoms with E-state index in [-0.39, 0.29) is 4.88 Å². The molecule has 0 nitrogen and oxygen atoms in total. The zero-order chi connectivity index (χ0) is 10.8. The Kier molecular flexibility index (Phi) is 4.53. The fourth-order valence-corrected chi connectivity index (χ4v) is 3.35. The molecule has 1 heterocycles. The molecule has 0 spiro atoms. The molecule has 0 saturated carbocycles. The van der Waals surface area contributed by atoms with Gasteiger partial charge in [0.25, 0.3) is 5.92 Å². The lowest BCUT2D eigenvalue weighted by atomic mass is 10.1. The normalized spacial score (nSPS) is 14.4. The van der Waals surface area contributed by atoms with E-state index >= 15 is 0 Å². The fourth-order valence-electron chi connectivity index (χ4n) is 1.08. The molecule has 80 valence electrons. The van der Waals surface area contributed by atoms with Gasteiger partial charge >= 0.3 is 0 Å². The van der Waals surface area contributed by atoms with E-state index in [0.29, 0.717) is 6.42 Å². The standard InChI is InChI=1S/C9H10Br2F2S/c1-2-3-6(10)9(12,13)7-4-5-8(11)14-7/h4-6H,2-3H2,1H3. The van der Waals surface area contributed by atoms with E-state index in [1.54, 1.807) is 6.07 Å². The molecule has 5 heteroatoms. The summed E-state index contributed by atoms with van der Waals surface area (Å²) in [6.07, 6.45) is 1.22. The molecule has 0 aromatic carbocycles. The highest BCUT2D eigenvalue weighted by molar-refractivity contribution is 9.11. The van der Waals surface area contributed by atoms with Gasteiger partial charge in [-0.25, -0.2) is 0 Å². The largest absolute Gasteiger partial charge is 0.294 e. The molecule has 14 heavy (non-hydrogen) atoms. The zero-order valence-electron chi connectivity index (χ0n) is 7.57. The van der Waals surface area contributed by atoms with Crippen LogP contribution in [0.3, 0.4) is 0 Å². The van der Waals surface area contributed by atoms with Gasteiger partial charge in [0.2, 0.25) is 0 Å². The Morgan fingerprint density at radius 2 is 2.14 bits per heavy atom. The smallest absolute Gasteiger partial charge is 0.199 e. The van der Waals surface area contributed by atoms with Crippen molar-refractivity contribution in [2.24, 2.45) is 0 Å². The molecule has 0 N–H and O–H groups in total. The molecule has 0 bridgehead atoms. The van der Waals surface area contributed by atoms with Gasteiger partial charge in [0.05, 0.1) is 13.5 Å². The Hall–Kier alpha value is 0.520. The molecule has 1 aromatic rings. The summed E-state index contributed by atoms with van der Waals surface area (Å²) in [4.78, 5) is -0.662. The van der Waals surface area contributed by atoms with Gasteiger partial charge in [-0.15, -0.1) is 11.3 Å². The average Bonchev–Trinajstić information content (AvgIpc) is 2.52. The Balaban J connectivity index is 2.83. The highest BCUT2D eigenvalue weighted by atomic mass is 79.9. The van der Waals surface area contributed by atoms with Crippen LogP contribution in [-0.4, -0.2) is 4.83 Å². The first-order valence-corrected chi connectivity index (χ1v) is 6.78. The number of thiophene rings is 1. The summed E-state index contributed by atoms with van der Waals surface area (Å²) in [5.74, 6) is -2.77. The SMILES string of the molecule is CCCC(Br)C(F)(F)c1ccc(Br)s1. The van der Waals surface area contributed by atoms with Crippen molar-refractivity contribution in [3.05, 3.63) is 20.8 Å². The van der Waals surface area contributed by atoms with Crippen LogP contribution in [0.25, 0.3) is 0 Å². The van der Waals surface area contributed by atoms with Gasteiger partial charge in [0.1, 0.15) is 0 Å². The van der Waals surface area contributed by atoms with E-state index in [1.165, 1.54) is 6.07 Å². The van der Waals surface area contributed by atoms with Crippen LogP contribution in [0.5, 0.6) is 0 Å². The van der Waals surface area contributed by atoms with E-state index in [2.05, 4.69) is 31.9 Å². The summed E-state index contributed by atoms with van der Waals surface area (Å²) in [5, 5.41) is 0. The zero-order valence-corrected chi connectivity index (χ0v) is 11.6. The van der Waals surface area contributed by atoms with Gasteiger partial charge in [-0.3, -0.25) is 0 Å². The maximum Gasteiger partial charge on any atom is 0.294 e. The Bertz CT molecular complexity index is 299. The third-order valence-electron chi connectivity index (χ3n) is 1.84. The third-order valence-corrected chi connectivity index (χ3v) is 4.58. The van der Waals surface area contributed by atoms with Crippen molar-refractivity contribution in [2.75, 3.05) is 0 Å². The van der Waals surface area contributed by atoms with E-state index in [0.717, 1.165) is 21.5 Å². The van der Waals surface area contributed by atoms with E-state index in [1.807, 2.05) is 6.92 Å². The molecule has 0 amide bonds. The van der Waals surface area contributed by atoms with Crippen molar-refractivity contribution >= 4 is 43.2 Å². The molecular weight excluding hydrogens is 338 g/mol. The summed E-state index contributed by atoms with van der Waals surface area (Å²) >= 11 is 7.32. The third kappa shape index (κ3) is 2.76. The minimum absolute atomic E-state index is 0.111. The van der Waals surface area contributed by atoms with Crippen molar-refractivity contribution in [3.63, 3.8) is 0 Å². The quantitative estimate of drug-likeness (QED) is 0.659. The van der Waals surface area contributed by atoms with Crippen LogP contribution in [0, 0.1) is 0 Å². The monoisotopic (exact) mass is 346 g/mol. The van der Waals surface area contributed by atoms with Gasteiger partial charge in [-0.2, -0.15) is 8.78 Å². The lowest BCUT2D eigenvalue weighted by Crippen LogP contribution is -2.24. The lowest BCUT2D eigenvalue weighted by Gasteiger charge is -2.20. The molecule has 0 fully saturated rings. The first-order chi connectivity index (χ1) is 6.48. The number of alkyl halides is 3. The van der Waals surface area contributed by atoms with E-state index < -0.39 is 10.7 Å². The van der Waals surface area contributed by atoms with Gasteiger partial charge in [-0.1, -0.05) is 29.3 Å². The average molecular weight is 348 g/mol. The van der Waals surface area contributed by atoms with Crippen LogP contribution >= 0.6 is 43.2 Å². The molecule has 1 rings (SSSR count). The first-order valence-electron chi connectivity index (χ1n) is 4.26. The van der Waals surface area contributed by atoms with Crippen molar-refractivity contribution in [2.45, 2.75) is 30.5 Å². The van der Waals surface area contributed by atoms with Gasteiger partial charge < -0.3 is 0 Å². The van der Waals surface area contributed by atoms with Gasteiger partial charge in [0, 0.05) is 0 Å². The Morgan fingerprint density at radius 1 is 1.50 bits per heavy atom. The summed E-state index contributed by atoms with van der Waals surface area (Å²) in [6, 6.07) is 3.12. The number of hydrogen-bond acceptors (Lipinski definition) is 1. The molecule has 1 atom stereocenters. The summed E-state index contributed by atoms with van der Waals surface area (Å²) < 4.78 is 28.1.